The van der Waals surface area contributed by atoms with Gasteiger partial charge in [-0.2, -0.15) is 0 Å². The number of aromatic nitrogens is 2. The molecule has 7 nitrogen and oxygen atoms in total. The number of carbonyl (C=O) groups excluding carboxylic acids is 1. The smallest absolute Gasteiger partial charge is 0.262 e. The van der Waals surface area contributed by atoms with Crippen molar-refractivity contribution < 1.29 is 14.3 Å². The molecule has 0 unspecified atom stereocenters. The number of amides is 1. The molecule has 1 N–H and O–H groups in total. The van der Waals surface area contributed by atoms with Gasteiger partial charge in [0, 0.05) is 10.7 Å². The zero-order chi connectivity index (χ0) is 23.7. The molecule has 0 spiro atoms. The van der Waals surface area contributed by atoms with Crippen molar-refractivity contribution in [3.8, 4) is 11.5 Å². The normalized spacial score (nSPS) is 12.2. The first kappa shape index (κ1) is 22.3. The monoisotopic (exact) mass is 493 g/mol. The molecule has 0 radical (unpaired) electrons. The van der Waals surface area contributed by atoms with Crippen molar-refractivity contribution in [2.75, 3.05) is 17.9 Å². The SMILES string of the molecule is Cc1ccc(Cl)cc1NC(=O)CSc1nc2ccccc2c(=O)n1Cc1ccc2c(c1)OCO2. The summed E-state index contributed by atoms with van der Waals surface area (Å²) in [4.78, 5) is 30.7. The second kappa shape index (κ2) is 9.40. The van der Waals surface area contributed by atoms with Gasteiger partial charge in [-0.1, -0.05) is 47.6 Å². The summed E-state index contributed by atoms with van der Waals surface area (Å²) in [5.41, 5.74) is 2.85. The van der Waals surface area contributed by atoms with Gasteiger partial charge >= 0.3 is 0 Å². The van der Waals surface area contributed by atoms with Crippen LogP contribution in [0.25, 0.3) is 10.9 Å². The second-order valence-corrected chi connectivity index (χ2v) is 9.17. The van der Waals surface area contributed by atoms with Crippen molar-refractivity contribution >= 4 is 45.9 Å². The molecule has 5 rings (SSSR count). The standard InChI is InChI=1S/C25H20ClN3O4S/c1-15-6-8-17(26)11-20(15)27-23(30)13-34-25-28-19-5-3-2-4-18(19)24(31)29(25)12-16-7-9-21-22(10-16)33-14-32-21/h2-11H,12-14H2,1H3,(H,27,30). The van der Waals surface area contributed by atoms with E-state index in [4.69, 9.17) is 21.1 Å². The molecule has 0 aliphatic carbocycles. The zero-order valence-electron chi connectivity index (χ0n) is 18.2. The molecule has 1 aromatic heterocycles. The highest BCUT2D eigenvalue weighted by molar-refractivity contribution is 7.99. The van der Waals surface area contributed by atoms with E-state index in [2.05, 4.69) is 10.3 Å². The van der Waals surface area contributed by atoms with E-state index in [-0.39, 0.29) is 30.6 Å². The van der Waals surface area contributed by atoms with Crippen molar-refractivity contribution in [3.05, 3.63) is 87.2 Å². The molecular weight excluding hydrogens is 474 g/mol. The van der Waals surface area contributed by atoms with Gasteiger partial charge in [-0.15, -0.1) is 0 Å². The van der Waals surface area contributed by atoms with Crippen LogP contribution in [0.4, 0.5) is 5.69 Å². The van der Waals surface area contributed by atoms with Gasteiger partial charge in [-0.3, -0.25) is 14.2 Å². The molecule has 4 aromatic rings. The highest BCUT2D eigenvalue weighted by Crippen LogP contribution is 2.33. The van der Waals surface area contributed by atoms with Crippen LogP contribution >= 0.6 is 23.4 Å². The van der Waals surface area contributed by atoms with E-state index in [0.717, 1.165) is 11.1 Å². The molecule has 0 atom stereocenters. The Morgan fingerprint density at radius 2 is 1.94 bits per heavy atom. The van der Waals surface area contributed by atoms with Crippen molar-refractivity contribution in [1.82, 2.24) is 9.55 Å². The number of hydrogen-bond acceptors (Lipinski definition) is 6. The van der Waals surface area contributed by atoms with Gasteiger partial charge in [0.15, 0.2) is 16.7 Å². The van der Waals surface area contributed by atoms with E-state index in [1.54, 1.807) is 28.8 Å². The molecule has 0 bridgehead atoms. The number of nitrogens with one attached hydrogen (secondary N) is 1. The minimum absolute atomic E-state index is 0.0812. The van der Waals surface area contributed by atoms with Crippen molar-refractivity contribution in [2.24, 2.45) is 0 Å². The fourth-order valence-electron chi connectivity index (χ4n) is 3.66. The van der Waals surface area contributed by atoms with Crippen molar-refractivity contribution in [3.63, 3.8) is 0 Å². The summed E-state index contributed by atoms with van der Waals surface area (Å²) in [6.45, 7) is 2.36. The molecular formula is C25H20ClN3O4S. The maximum absolute atomic E-state index is 13.3. The molecule has 0 fully saturated rings. The lowest BCUT2D eigenvalue weighted by Gasteiger charge is -2.14. The molecule has 9 heteroatoms. The van der Waals surface area contributed by atoms with Crippen LogP contribution in [-0.4, -0.2) is 28.0 Å². The van der Waals surface area contributed by atoms with Crippen LogP contribution < -0.4 is 20.3 Å². The predicted octanol–water partition coefficient (Wildman–Crippen LogP) is 4.87. The van der Waals surface area contributed by atoms with Gasteiger partial charge in [-0.25, -0.2) is 4.98 Å². The van der Waals surface area contributed by atoms with Gasteiger partial charge in [0.2, 0.25) is 12.7 Å². The third kappa shape index (κ3) is 4.60. The number of rotatable bonds is 6. The Labute approximate surface area is 204 Å². The summed E-state index contributed by atoms with van der Waals surface area (Å²) in [5.74, 6) is 1.19. The number of para-hydroxylation sites is 1. The fraction of sp³-hybridized carbons (Fsp3) is 0.160. The number of halogens is 1. The summed E-state index contributed by atoms with van der Waals surface area (Å²) in [6, 6.07) is 18.1. The summed E-state index contributed by atoms with van der Waals surface area (Å²) < 4.78 is 12.4. The number of aryl methyl sites for hydroxylation is 1. The molecule has 3 aromatic carbocycles. The van der Waals surface area contributed by atoms with Crippen molar-refractivity contribution in [2.45, 2.75) is 18.6 Å². The lowest BCUT2D eigenvalue weighted by atomic mass is 10.2. The lowest BCUT2D eigenvalue weighted by Crippen LogP contribution is -2.25. The van der Waals surface area contributed by atoms with E-state index < -0.39 is 0 Å². The second-order valence-electron chi connectivity index (χ2n) is 7.79. The number of fused-ring (bicyclic) bond motifs is 2. The van der Waals surface area contributed by atoms with Gasteiger partial charge in [0.1, 0.15) is 0 Å². The Balaban J connectivity index is 1.43. The molecule has 2 heterocycles. The average molecular weight is 494 g/mol. The van der Waals surface area contributed by atoms with Gasteiger partial charge in [0.25, 0.3) is 5.56 Å². The minimum Gasteiger partial charge on any atom is -0.454 e. The highest BCUT2D eigenvalue weighted by Gasteiger charge is 2.17. The third-order valence-corrected chi connectivity index (χ3v) is 6.62. The number of ether oxygens (including phenoxy) is 2. The minimum atomic E-state index is -0.215. The molecule has 1 aliphatic heterocycles. The number of carbonyl (C=O) groups is 1. The van der Waals surface area contributed by atoms with E-state index in [1.807, 2.05) is 43.3 Å². The zero-order valence-corrected chi connectivity index (χ0v) is 19.8. The van der Waals surface area contributed by atoms with Crippen LogP contribution in [0, 0.1) is 6.92 Å². The summed E-state index contributed by atoms with van der Waals surface area (Å²) in [6.07, 6.45) is 0. The number of nitrogens with zero attached hydrogens (tertiary/aromatic N) is 2. The molecule has 1 amide bonds. The first-order valence-corrected chi connectivity index (χ1v) is 11.9. The van der Waals surface area contributed by atoms with Gasteiger partial charge in [-0.05, 0) is 54.4 Å². The quantitative estimate of drug-likeness (QED) is 0.305. The van der Waals surface area contributed by atoms with E-state index >= 15 is 0 Å². The van der Waals surface area contributed by atoms with E-state index in [1.165, 1.54) is 11.8 Å². The van der Waals surface area contributed by atoms with Gasteiger partial charge in [0.05, 0.1) is 23.2 Å². The van der Waals surface area contributed by atoms with Crippen LogP contribution in [0.1, 0.15) is 11.1 Å². The first-order chi connectivity index (χ1) is 16.5. The Morgan fingerprint density at radius 3 is 2.82 bits per heavy atom. The Hall–Kier alpha value is -3.49. The number of benzene rings is 3. The Bertz CT molecular complexity index is 1470. The first-order valence-electron chi connectivity index (χ1n) is 10.5. The topological polar surface area (TPSA) is 82.5 Å². The number of thioether (sulfide) groups is 1. The van der Waals surface area contributed by atoms with Crippen LogP contribution in [0.3, 0.4) is 0 Å². The molecule has 34 heavy (non-hydrogen) atoms. The van der Waals surface area contributed by atoms with Gasteiger partial charge < -0.3 is 14.8 Å². The third-order valence-electron chi connectivity index (χ3n) is 5.41. The highest BCUT2D eigenvalue weighted by atomic mass is 35.5. The summed E-state index contributed by atoms with van der Waals surface area (Å²) >= 11 is 7.27. The van der Waals surface area contributed by atoms with E-state index in [9.17, 15) is 9.59 Å². The fourth-order valence-corrected chi connectivity index (χ4v) is 4.64. The maximum atomic E-state index is 13.3. The molecule has 1 aliphatic rings. The van der Waals surface area contributed by atoms with Crippen LogP contribution in [0.15, 0.2) is 70.6 Å². The Morgan fingerprint density at radius 1 is 1.12 bits per heavy atom. The summed E-state index contributed by atoms with van der Waals surface area (Å²) in [5, 5.41) is 4.40. The average Bonchev–Trinajstić information content (AvgIpc) is 3.30. The summed E-state index contributed by atoms with van der Waals surface area (Å²) in [7, 11) is 0. The number of hydrogen-bond donors (Lipinski definition) is 1. The largest absolute Gasteiger partial charge is 0.454 e. The maximum Gasteiger partial charge on any atom is 0.262 e. The lowest BCUT2D eigenvalue weighted by molar-refractivity contribution is -0.113. The molecule has 172 valence electrons. The van der Waals surface area contributed by atoms with E-state index in [0.29, 0.717) is 38.3 Å². The predicted molar refractivity (Wildman–Crippen MR) is 133 cm³/mol. The number of anilines is 1. The van der Waals surface area contributed by atoms with Crippen molar-refractivity contribution in [1.29, 1.82) is 0 Å². The van der Waals surface area contributed by atoms with Crippen LogP contribution in [0.2, 0.25) is 5.02 Å². The molecule has 0 saturated heterocycles. The molecule has 0 saturated carbocycles. The van der Waals surface area contributed by atoms with Crippen LogP contribution in [-0.2, 0) is 11.3 Å². The Kier molecular flexibility index (Phi) is 6.17. The van der Waals surface area contributed by atoms with Crippen LogP contribution in [0.5, 0.6) is 11.5 Å².